The minimum Gasteiger partial charge on any atom is -0.496 e. The summed E-state index contributed by atoms with van der Waals surface area (Å²) in [5.74, 6) is 0.731. The molecule has 106 valence electrons. The zero-order valence-corrected chi connectivity index (χ0v) is 11.9. The summed E-state index contributed by atoms with van der Waals surface area (Å²) in [6.07, 6.45) is 1.45. The van der Waals surface area contributed by atoms with Crippen LogP contribution in [-0.4, -0.2) is 20.2 Å². The average Bonchev–Trinajstić information content (AvgIpc) is 2.49. The van der Waals surface area contributed by atoms with Gasteiger partial charge in [0.15, 0.2) is 0 Å². The highest BCUT2D eigenvalue weighted by atomic mass is 19.1. The SMILES string of the molecule is CNC(Cc1ccccc1F)Cc1ccccc1OC. The van der Waals surface area contributed by atoms with E-state index >= 15 is 0 Å². The van der Waals surface area contributed by atoms with E-state index in [4.69, 9.17) is 4.74 Å². The molecule has 0 fully saturated rings. The van der Waals surface area contributed by atoms with Crippen LogP contribution in [0.5, 0.6) is 5.75 Å². The Bertz CT molecular complexity index is 556. The second kappa shape index (κ2) is 7.06. The van der Waals surface area contributed by atoms with Gasteiger partial charge in [-0.15, -0.1) is 0 Å². The Balaban J connectivity index is 2.11. The molecule has 0 heterocycles. The third kappa shape index (κ3) is 3.58. The number of ether oxygens (including phenoxy) is 1. The van der Waals surface area contributed by atoms with Crippen molar-refractivity contribution in [2.75, 3.05) is 14.2 Å². The maximum atomic E-state index is 13.7. The van der Waals surface area contributed by atoms with Gasteiger partial charge in [-0.25, -0.2) is 4.39 Å². The Labute approximate surface area is 119 Å². The van der Waals surface area contributed by atoms with Gasteiger partial charge < -0.3 is 10.1 Å². The summed E-state index contributed by atoms with van der Waals surface area (Å²) in [5, 5.41) is 3.26. The fourth-order valence-electron chi connectivity index (χ4n) is 2.34. The third-order valence-electron chi connectivity index (χ3n) is 3.49. The molecule has 1 unspecified atom stereocenters. The standard InChI is InChI=1S/C17H20FNO/c1-19-15(11-13-7-3-5-9-16(13)18)12-14-8-4-6-10-17(14)20-2/h3-10,15,19H,11-12H2,1-2H3. The van der Waals surface area contributed by atoms with E-state index in [9.17, 15) is 4.39 Å². The summed E-state index contributed by atoms with van der Waals surface area (Å²) < 4.78 is 19.1. The molecule has 0 spiro atoms. The molecule has 0 saturated carbocycles. The van der Waals surface area contributed by atoms with E-state index < -0.39 is 0 Å². The van der Waals surface area contributed by atoms with Crippen molar-refractivity contribution in [2.24, 2.45) is 0 Å². The summed E-state index contributed by atoms with van der Waals surface area (Å²) in [6, 6.07) is 15.0. The highest BCUT2D eigenvalue weighted by molar-refractivity contribution is 5.34. The van der Waals surface area contributed by atoms with Gasteiger partial charge in [-0.2, -0.15) is 0 Å². The van der Waals surface area contributed by atoms with E-state index in [1.807, 2.05) is 43.4 Å². The van der Waals surface area contributed by atoms with Crippen molar-refractivity contribution < 1.29 is 9.13 Å². The lowest BCUT2D eigenvalue weighted by Crippen LogP contribution is -2.30. The Morgan fingerprint density at radius 1 is 1.00 bits per heavy atom. The molecule has 0 saturated heterocycles. The summed E-state index contributed by atoms with van der Waals surface area (Å²) in [5.41, 5.74) is 1.87. The number of halogens is 1. The van der Waals surface area contributed by atoms with Crippen molar-refractivity contribution in [3.63, 3.8) is 0 Å². The lowest BCUT2D eigenvalue weighted by atomic mass is 9.98. The normalized spacial score (nSPS) is 12.2. The number of rotatable bonds is 6. The van der Waals surface area contributed by atoms with Crippen LogP contribution < -0.4 is 10.1 Å². The van der Waals surface area contributed by atoms with Gasteiger partial charge >= 0.3 is 0 Å². The van der Waals surface area contributed by atoms with E-state index in [-0.39, 0.29) is 11.9 Å². The van der Waals surface area contributed by atoms with E-state index in [1.54, 1.807) is 13.2 Å². The van der Waals surface area contributed by atoms with E-state index in [1.165, 1.54) is 6.07 Å². The van der Waals surface area contributed by atoms with Crippen molar-refractivity contribution in [2.45, 2.75) is 18.9 Å². The molecule has 1 atom stereocenters. The van der Waals surface area contributed by atoms with E-state index in [2.05, 4.69) is 5.32 Å². The molecule has 0 aromatic heterocycles. The van der Waals surface area contributed by atoms with Crippen LogP contribution in [0.2, 0.25) is 0 Å². The van der Waals surface area contributed by atoms with Crippen LogP contribution >= 0.6 is 0 Å². The van der Waals surface area contributed by atoms with Gasteiger partial charge in [-0.05, 0) is 43.1 Å². The molecule has 2 aromatic carbocycles. The van der Waals surface area contributed by atoms with Crippen molar-refractivity contribution in [3.05, 3.63) is 65.5 Å². The van der Waals surface area contributed by atoms with E-state index in [0.717, 1.165) is 23.3 Å². The van der Waals surface area contributed by atoms with Gasteiger partial charge in [-0.1, -0.05) is 36.4 Å². The van der Waals surface area contributed by atoms with Crippen molar-refractivity contribution in [3.8, 4) is 5.75 Å². The van der Waals surface area contributed by atoms with Crippen LogP contribution in [0.1, 0.15) is 11.1 Å². The number of hydrogen-bond acceptors (Lipinski definition) is 2. The number of hydrogen-bond donors (Lipinski definition) is 1. The molecule has 2 rings (SSSR count). The second-order valence-corrected chi connectivity index (χ2v) is 4.80. The molecule has 0 bridgehead atoms. The van der Waals surface area contributed by atoms with Gasteiger partial charge in [-0.3, -0.25) is 0 Å². The molecule has 0 amide bonds. The molecular weight excluding hydrogens is 253 g/mol. The third-order valence-corrected chi connectivity index (χ3v) is 3.49. The van der Waals surface area contributed by atoms with Gasteiger partial charge in [0, 0.05) is 6.04 Å². The van der Waals surface area contributed by atoms with Crippen LogP contribution in [0.3, 0.4) is 0 Å². The fourth-order valence-corrected chi connectivity index (χ4v) is 2.34. The molecule has 3 heteroatoms. The van der Waals surface area contributed by atoms with Crippen LogP contribution in [0.15, 0.2) is 48.5 Å². The minimum absolute atomic E-state index is 0.146. The zero-order valence-electron chi connectivity index (χ0n) is 11.9. The maximum absolute atomic E-state index is 13.7. The Kier molecular flexibility index (Phi) is 5.13. The first kappa shape index (κ1) is 14.5. The Morgan fingerprint density at radius 2 is 1.60 bits per heavy atom. The van der Waals surface area contributed by atoms with Gasteiger partial charge in [0.25, 0.3) is 0 Å². The lowest BCUT2D eigenvalue weighted by Gasteiger charge is -2.18. The quantitative estimate of drug-likeness (QED) is 0.872. The van der Waals surface area contributed by atoms with Crippen LogP contribution in [0, 0.1) is 5.82 Å². The summed E-state index contributed by atoms with van der Waals surface area (Å²) in [7, 11) is 3.57. The molecular formula is C17H20FNO. The number of nitrogens with one attached hydrogen (secondary N) is 1. The maximum Gasteiger partial charge on any atom is 0.126 e. The Hall–Kier alpha value is -1.87. The average molecular weight is 273 g/mol. The number of benzene rings is 2. The van der Waals surface area contributed by atoms with Crippen LogP contribution in [-0.2, 0) is 12.8 Å². The molecule has 0 radical (unpaired) electrons. The molecule has 1 N–H and O–H groups in total. The number of methoxy groups -OCH3 is 1. The monoisotopic (exact) mass is 273 g/mol. The fraction of sp³-hybridized carbons (Fsp3) is 0.294. The summed E-state index contributed by atoms with van der Waals surface area (Å²) in [4.78, 5) is 0. The molecule has 2 nitrogen and oxygen atoms in total. The molecule has 0 aliphatic rings. The van der Waals surface area contributed by atoms with Crippen molar-refractivity contribution in [1.82, 2.24) is 5.32 Å². The molecule has 20 heavy (non-hydrogen) atoms. The van der Waals surface area contributed by atoms with Crippen molar-refractivity contribution in [1.29, 1.82) is 0 Å². The second-order valence-electron chi connectivity index (χ2n) is 4.80. The van der Waals surface area contributed by atoms with Gasteiger partial charge in [0.2, 0.25) is 0 Å². The van der Waals surface area contributed by atoms with Gasteiger partial charge in [0.05, 0.1) is 7.11 Å². The van der Waals surface area contributed by atoms with Crippen LogP contribution in [0.25, 0.3) is 0 Å². The first-order valence-corrected chi connectivity index (χ1v) is 6.77. The predicted octanol–water partition coefficient (Wildman–Crippen LogP) is 3.21. The first-order valence-electron chi connectivity index (χ1n) is 6.77. The number of para-hydroxylation sites is 1. The zero-order chi connectivity index (χ0) is 14.4. The molecule has 0 aliphatic carbocycles. The van der Waals surface area contributed by atoms with Crippen molar-refractivity contribution >= 4 is 0 Å². The highest BCUT2D eigenvalue weighted by Gasteiger charge is 2.13. The molecule has 2 aromatic rings. The van der Waals surface area contributed by atoms with Crippen LogP contribution in [0.4, 0.5) is 4.39 Å². The first-order chi connectivity index (χ1) is 9.74. The summed E-state index contributed by atoms with van der Waals surface area (Å²) in [6.45, 7) is 0. The Morgan fingerprint density at radius 3 is 2.25 bits per heavy atom. The molecule has 0 aliphatic heterocycles. The topological polar surface area (TPSA) is 21.3 Å². The number of likely N-dealkylation sites (N-methyl/N-ethyl adjacent to an activating group) is 1. The smallest absolute Gasteiger partial charge is 0.126 e. The largest absolute Gasteiger partial charge is 0.496 e. The van der Waals surface area contributed by atoms with E-state index in [0.29, 0.717) is 6.42 Å². The lowest BCUT2D eigenvalue weighted by molar-refractivity contribution is 0.405. The highest BCUT2D eigenvalue weighted by Crippen LogP contribution is 2.20. The van der Waals surface area contributed by atoms with Gasteiger partial charge in [0.1, 0.15) is 11.6 Å². The summed E-state index contributed by atoms with van der Waals surface area (Å²) >= 11 is 0. The predicted molar refractivity (Wildman–Crippen MR) is 79.6 cm³/mol. The minimum atomic E-state index is -0.146.